The quantitative estimate of drug-likeness (QED) is 0.316. The van der Waals surface area contributed by atoms with E-state index in [1.165, 1.54) is 11.3 Å². The highest BCUT2D eigenvalue weighted by Gasteiger charge is 2.18. The molecule has 0 atom stereocenters. The van der Waals surface area contributed by atoms with Gasteiger partial charge in [-0.1, -0.05) is 53.5 Å². The summed E-state index contributed by atoms with van der Waals surface area (Å²) in [5.41, 5.74) is 2.31. The zero-order valence-electron chi connectivity index (χ0n) is 15.5. The van der Waals surface area contributed by atoms with Crippen LogP contribution in [-0.4, -0.2) is 17.7 Å². The molecular formula is C21H18Cl2N2O2S2. The van der Waals surface area contributed by atoms with Crippen LogP contribution in [0.4, 0.5) is 10.7 Å². The second-order valence-corrected chi connectivity index (χ2v) is 8.41. The maximum absolute atomic E-state index is 12.4. The minimum absolute atomic E-state index is 0.300. The average Bonchev–Trinajstić information content (AvgIpc) is 3.08. The molecule has 0 radical (unpaired) electrons. The molecule has 0 fully saturated rings. The van der Waals surface area contributed by atoms with Crippen molar-refractivity contribution in [2.45, 2.75) is 13.3 Å². The number of thiophene rings is 1. The predicted octanol–water partition coefficient (Wildman–Crippen LogP) is 6.63. The lowest BCUT2D eigenvalue weighted by Gasteiger charge is -2.11. The summed E-state index contributed by atoms with van der Waals surface area (Å²) in [6.07, 6.45) is 0.715. The van der Waals surface area contributed by atoms with Crippen LogP contribution in [0.5, 0.6) is 0 Å². The van der Waals surface area contributed by atoms with Gasteiger partial charge in [0.2, 0.25) is 0 Å². The van der Waals surface area contributed by atoms with Crippen LogP contribution in [0.15, 0.2) is 54.6 Å². The molecule has 0 aliphatic carbocycles. The number of esters is 1. The van der Waals surface area contributed by atoms with E-state index in [4.69, 9.17) is 40.2 Å². The van der Waals surface area contributed by atoms with Crippen LogP contribution in [0.25, 0.3) is 0 Å². The first-order chi connectivity index (χ1) is 14.0. The normalized spacial score (nSPS) is 10.4. The van der Waals surface area contributed by atoms with Gasteiger partial charge >= 0.3 is 5.97 Å². The molecule has 3 rings (SSSR count). The van der Waals surface area contributed by atoms with Gasteiger partial charge in [0.1, 0.15) is 5.00 Å². The van der Waals surface area contributed by atoms with Crippen molar-refractivity contribution in [3.8, 4) is 0 Å². The maximum atomic E-state index is 12.4. The first-order valence-electron chi connectivity index (χ1n) is 8.83. The number of benzene rings is 2. The van der Waals surface area contributed by atoms with E-state index in [2.05, 4.69) is 10.6 Å². The Balaban J connectivity index is 1.79. The fourth-order valence-corrected chi connectivity index (χ4v) is 4.28. The van der Waals surface area contributed by atoms with Crippen molar-refractivity contribution < 1.29 is 9.53 Å². The SMILES string of the molecule is CCOC(=O)c1cc(Cc2ccccc2)sc1NC(=S)Nc1ccc(Cl)c(Cl)c1. The number of carbonyl (C=O) groups excluding carboxylic acids is 1. The van der Waals surface area contributed by atoms with Crippen molar-refractivity contribution in [3.05, 3.63) is 80.6 Å². The van der Waals surface area contributed by atoms with Crippen molar-refractivity contribution in [2.75, 3.05) is 17.2 Å². The van der Waals surface area contributed by atoms with E-state index in [0.29, 0.717) is 44.4 Å². The molecule has 3 aromatic rings. The summed E-state index contributed by atoms with van der Waals surface area (Å²) in [7, 11) is 0. The summed E-state index contributed by atoms with van der Waals surface area (Å²) in [5, 5.41) is 8.00. The fraction of sp³-hybridized carbons (Fsp3) is 0.143. The van der Waals surface area contributed by atoms with Crippen molar-refractivity contribution in [2.24, 2.45) is 0 Å². The number of hydrogen-bond donors (Lipinski definition) is 2. The number of carbonyl (C=O) groups is 1. The highest BCUT2D eigenvalue weighted by molar-refractivity contribution is 7.80. The highest BCUT2D eigenvalue weighted by Crippen LogP contribution is 2.31. The summed E-state index contributed by atoms with van der Waals surface area (Å²) < 4.78 is 5.19. The van der Waals surface area contributed by atoms with Crippen LogP contribution in [0.1, 0.15) is 27.7 Å². The number of anilines is 2. The molecule has 0 saturated heterocycles. The Morgan fingerprint density at radius 1 is 1.07 bits per heavy atom. The lowest BCUT2D eigenvalue weighted by atomic mass is 10.1. The number of thiocarbonyl (C=S) groups is 1. The maximum Gasteiger partial charge on any atom is 0.341 e. The van der Waals surface area contributed by atoms with Crippen LogP contribution in [0, 0.1) is 0 Å². The molecule has 0 unspecified atom stereocenters. The van der Waals surface area contributed by atoms with Gasteiger partial charge in [-0.3, -0.25) is 0 Å². The second-order valence-electron chi connectivity index (χ2n) is 6.05. The molecule has 29 heavy (non-hydrogen) atoms. The molecule has 0 aliphatic heterocycles. The van der Waals surface area contributed by atoms with E-state index in [1.54, 1.807) is 25.1 Å². The van der Waals surface area contributed by atoms with Crippen molar-refractivity contribution in [3.63, 3.8) is 0 Å². The first-order valence-corrected chi connectivity index (χ1v) is 10.8. The standard InChI is InChI=1S/C21H18Cl2N2O2S2/c1-2-27-20(26)16-12-15(10-13-6-4-3-5-7-13)29-19(16)25-21(28)24-14-8-9-17(22)18(23)11-14/h3-9,11-12H,2,10H2,1H3,(H2,24,25,28). The van der Waals surface area contributed by atoms with Gasteiger partial charge in [-0.15, -0.1) is 11.3 Å². The molecule has 2 aromatic carbocycles. The third kappa shape index (κ3) is 5.93. The van der Waals surface area contributed by atoms with E-state index in [9.17, 15) is 4.79 Å². The minimum atomic E-state index is -0.386. The molecule has 150 valence electrons. The van der Waals surface area contributed by atoms with Crippen molar-refractivity contribution in [1.29, 1.82) is 0 Å². The fourth-order valence-electron chi connectivity index (χ4n) is 2.62. The van der Waals surface area contributed by atoms with Gasteiger partial charge in [-0.05, 0) is 49.0 Å². The number of halogens is 2. The van der Waals surface area contributed by atoms with Gasteiger partial charge in [0.05, 0.1) is 22.2 Å². The van der Waals surface area contributed by atoms with E-state index < -0.39 is 0 Å². The third-order valence-corrected chi connectivity index (χ3v) is 5.90. The third-order valence-electron chi connectivity index (χ3n) is 3.90. The zero-order chi connectivity index (χ0) is 20.8. The number of ether oxygens (including phenoxy) is 1. The van der Waals surface area contributed by atoms with Gasteiger partial charge in [0.25, 0.3) is 0 Å². The summed E-state index contributed by atoms with van der Waals surface area (Å²) >= 11 is 18.9. The Labute approximate surface area is 188 Å². The molecule has 2 N–H and O–H groups in total. The monoisotopic (exact) mass is 464 g/mol. The lowest BCUT2D eigenvalue weighted by Crippen LogP contribution is -2.20. The Kier molecular flexibility index (Phi) is 7.50. The summed E-state index contributed by atoms with van der Waals surface area (Å²) in [5.74, 6) is -0.386. The molecule has 0 amide bonds. The Morgan fingerprint density at radius 3 is 2.52 bits per heavy atom. The number of rotatable bonds is 6. The molecule has 8 heteroatoms. The van der Waals surface area contributed by atoms with E-state index in [1.807, 2.05) is 36.4 Å². The van der Waals surface area contributed by atoms with Crippen LogP contribution in [0.2, 0.25) is 10.0 Å². The minimum Gasteiger partial charge on any atom is -0.462 e. The molecule has 1 heterocycles. The van der Waals surface area contributed by atoms with Crippen molar-refractivity contribution >= 4 is 68.5 Å². The molecule has 0 bridgehead atoms. The average molecular weight is 465 g/mol. The smallest absolute Gasteiger partial charge is 0.341 e. The Bertz CT molecular complexity index is 1020. The van der Waals surface area contributed by atoms with Gasteiger partial charge in [-0.25, -0.2) is 4.79 Å². The highest BCUT2D eigenvalue weighted by atomic mass is 35.5. The van der Waals surface area contributed by atoms with Gasteiger partial charge in [0, 0.05) is 17.0 Å². The summed E-state index contributed by atoms with van der Waals surface area (Å²) in [4.78, 5) is 13.4. The van der Waals surface area contributed by atoms with E-state index in [-0.39, 0.29) is 5.97 Å². The Hall–Kier alpha value is -2.12. The van der Waals surface area contributed by atoms with Gasteiger partial charge in [-0.2, -0.15) is 0 Å². The zero-order valence-corrected chi connectivity index (χ0v) is 18.6. The number of nitrogens with one attached hydrogen (secondary N) is 2. The van der Waals surface area contributed by atoms with Crippen LogP contribution < -0.4 is 10.6 Å². The molecular weight excluding hydrogens is 447 g/mol. The van der Waals surface area contributed by atoms with Gasteiger partial charge in [0.15, 0.2) is 5.11 Å². The molecule has 0 aliphatic rings. The van der Waals surface area contributed by atoms with Crippen LogP contribution in [-0.2, 0) is 11.2 Å². The number of hydrogen-bond acceptors (Lipinski definition) is 4. The predicted molar refractivity (Wildman–Crippen MR) is 126 cm³/mol. The molecule has 1 aromatic heterocycles. The largest absolute Gasteiger partial charge is 0.462 e. The van der Waals surface area contributed by atoms with Crippen LogP contribution in [0.3, 0.4) is 0 Å². The lowest BCUT2D eigenvalue weighted by molar-refractivity contribution is 0.0528. The van der Waals surface area contributed by atoms with Crippen molar-refractivity contribution in [1.82, 2.24) is 0 Å². The van der Waals surface area contributed by atoms with E-state index >= 15 is 0 Å². The molecule has 0 saturated carbocycles. The molecule has 0 spiro atoms. The second kappa shape index (κ2) is 10.1. The van der Waals surface area contributed by atoms with Gasteiger partial charge < -0.3 is 15.4 Å². The first kappa shape index (κ1) is 21.6. The summed E-state index contributed by atoms with van der Waals surface area (Å²) in [6.45, 7) is 2.08. The topological polar surface area (TPSA) is 50.4 Å². The van der Waals surface area contributed by atoms with Crippen LogP contribution >= 0.6 is 46.8 Å². The molecule has 4 nitrogen and oxygen atoms in total. The summed E-state index contributed by atoms with van der Waals surface area (Å²) in [6, 6.07) is 17.0. The Morgan fingerprint density at radius 2 is 1.83 bits per heavy atom. The van der Waals surface area contributed by atoms with E-state index in [0.717, 1.165) is 10.4 Å².